The van der Waals surface area contributed by atoms with Crippen molar-refractivity contribution in [1.29, 1.82) is 0 Å². The molecule has 0 fully saturated rings. The number of aromatic nitrogens is 2. The summed E-state index contributed by atoms with van der Waals surface area (Å²) < 4.78 is 6.31. The number of nitrogens with zero attached hydrogens (tertiary/aromatic N) is 3. The molecule has 0 atom stereocenters. The van der Waals surface area contributed by atoms with Crippen molar-refractivity contribution in [3.05, 3.63) is 75.4 Å². The highest BCUT2D eigenvalue weighted by Crippen LogP contribution is 2.27. The Kier molecular flexibility index (Phi) is 6.04. The Bertz CT molecular complexity index is 1080. The predicted octanol–water partition coefficient (Wildman–Crippen LogP) is 4.66. The van der Waals surface area contributed by atoms with E-state index < -0.39 is 11.9 Å². The maximum absolute atomic E-state index is 12.5. The summed E-state index contributed by atoms with van der Waals surface area (Å²) in [4.78, 5) is 36.1. The van der Waals surface area contributed by atoms with Crippen molar-refractivity contribution in [1.82, 2.24) is 9.78 Å². The van der Waals surface area contributed by atoms with Crippen molar-refractivity contribution in [2.75, 3.05) is 11.9 Å². The number of aryl methyl sites for hydroxylation is 1. The van der Waals surface area contributed by atoms with E-state index in [2.05, 4.69) is 15.6 Å². The smallest absolute Gasteiger partial charge is 0.357 e. The lowest BCUT2D eigenvalue weighted by Crippen LogP contribution is -2.14. The molecule has 3 aromatic rings. The van der Waals surface area contributed by atoms with Gasteiger partial charge in [0.05, 0.1) is 18.0 Å². The molecule has 3 rings (SSSR count). The van der Waals surface area contributed by atoms with Gasteiger partial charge in [-0.05, 0) is 67.6 Å². The van der Waals surface area contributed by atoms with E-state index in [9.17, 15) is 14.5 Å². The summed E-state index contributed by atoms with van der Waals surface area (Å²) in [6, 6.07) is 12.5. The molecular formula is C20H17ClN4O4. The number of benzene rings is 2. The minimum Gasteiger partial charge on any atom is -0.461 e. The number of halogens is 1. The van der Waals surface area contributed by atoms with Gasteiger partial charge in [-0.2, -0.15) is 5.10 Å². The minimum absolute atomic E-state index is 0.0394. The molecule has 29 heavy (non-hydrogen) atoms. The van der Waals surface area contributed by atoms with Crippen LogP contribution in [0.3, 0.4) is 0 Å². The number of carbonyl (C=O) groups excluding carboxylic acids is 2. The molecule has 1 heterocycles. The fourth-order valence-electron chi connectivity index (χ4n) is 2.69. The number of hydrogen-bond donors (Lipinski definition) is 1. The average molecular weight is 413 g/mol. The van der Waals surface area contributed by atoms with Gasteiger partial charge in [-0.25, -0.2) is 9.48 Å². The lowest BCUT2D eigenvalue weighted by Gasteiger charge is -2.10. The lowest BCUT2D eigenvalue weighted by atomic mass is 10.1. The van der Waals surface area contributed by atoms with Crippen molar-refractivity contribution < 1.29 is 14.3 Å². The monoisotopic (exact) mass is 412 g/mol. The van der Waals surface area contributed by atoms with Crippen LogP contribution < -0.4 is 5.32 Å². The third-order valence-corrected chi connectivity index (χ3v) is 4.23. The summed E-state index contributed by atoms with van der Waals surface area (Å²) >= 11 is 5.84. The van der Waals surface area contributed by atoms with E-state index in [4.69, 9.17) is 16.3 Å². The van der Waals surface area contributed by atoms with Crippen LogP contribution in [0.5, 0.6) is 0 Å². The molecule has 1 N–H and O–H groups in total. The molecule has 1 amide bonds. The normalized spacial score (nSPS) is 10.4. The quantitative estimate of drug-likeness (QED) is 0.468. The van der Waals surface area contributed by atoms with Crippen LogP contribution >= 0.6 is 11.6 Å². The molecule has 8 nitrogen and oxygen atoms in total. The van der Waals surface area contributed by atoms with Gasteiger partial charge in [0.25, 0.3) is 5.91 Å². The summed E-state index contributed by atoms with van der Waals surface area (Å²) in [5.74, 6) is -0.999. The van der Waals surface area contributed by atoms with Gasteiger partial charge < -0.3 is 10.1 Å². The number of ether oxygens (including phenoxy) is 1. The largest absolute Gasteiger partial charge is 0.461 e. The molecule has 0 radical (unpaired) electrons. The first-order valence-corrected chi connectivity index (χ1v) is 9.09. The van der Waals surface area contributed by atoms with Crippen LogP contribution in [0.1, 0.15) is 33.5 Å². The van der Waals surface area contributed by atoms with Gasteiger partial charge in [-0.15, -0.1) is 4.91 Å². The number of amides is 1. The maximum Gasteiger partial charge on any atom is 0.357 e. The van der Waals surface area contributed by atoms with E-state index >= 15 is 0 Å². The summed E-state index contributed by atoms with van der Waals surface area (Å²) in [6.07, 6.45) is 0. The van der Waals surface area contributed by atoms with Gasteiger partial charge >= 0.3 is 5.97 Å². The van der Waals surface area contributed by atoms with Crippen molar-refractivity contribution in [3.8, 4) is 5.69 Å². The Labute approximate surface area is 171 Å². The second-order valence-corrected chi connectivity index (χ2v) is 6.50. The highest BCUT2D eigenvalue weighted by Gasteiger charge is 2.20. The zero-order valence-electron chi connectivity index (χ0n) is 15.7. The molecule has 0 aliphatic heterocycles. The van der Waals surface area contributed by atoms with Gasteiger partial charge in [-0.1, -0.05) is 11.6 Å². The number of rotatable bonds is 6. The molecular weight excluding hydrogens is 396 g/mol. The number of carbonyl (C=O) groups is 2. The third kappa shape index (κ3) is 4.49. The van der Waals surface area contributed by atoms with Crippen LogP contribution in [0.25, 0.3) is 5.69 Å². The Hall–Kier alpha value is -3.52. The zero-order chi connectivity index (χ0) is 21.0. The number of nitrogens with one attached hydrogen (secondary N) is 1. The van der Waals surface area contributed by atoms with E-state index in [1.807, 2.05) is 0 Å². The fourth-order valence-corrected chi connectivity index (χ4v) is 2.81. The van der Waals surface area contributed by atoms with Crippen LogP contribution in [-0.2, 0) is 4.74 Å². The highest BCUT2D eigenvalue weighted by atomic mass is 35.5. The standard InChI is InChI=1S/C20H17ClN4O4/c1-3-29-20(27)18-10-12(2)23-25(18)17-9-4-13(11-16(17)24-28)19(26)22-15-7-5-14(21)6-8-15/h4-11H,3H2,1-2H3,(H,22,26). The fraction of sp³-hybridized carbons (Fsp3) is 0.150. The van der Waals surface area contributed by atoms with E-state index in [0.717, 1.165) is 0 Å². The predicted molar refractivity (Wildman–Crippen MR) is 109 cm³/mol. The molecule has 0 saturated heterocycles. The van der Waals surface area contributed by atoms with Gasteiger partial charge in [0.15, 0.2) is 5.69 Å². The number of hydrogen-bond acceptors (Lipinski definition) is 6. The summed E-state index contributed by atoms with van der Waals surface area (Å²) in [6.45, 7) is 3.60. The Morgan fingerprint density at radius 2 is 1.90 bits per heavy atom. The zero-order valence-corrected chi connectivity index (χ0v) is 16.4. The molecule has 0 bridgehead atoms. The molecule has 9 heteroatoms. The van der Waals surface area contributed by atoms with Crippen LogP contribution in [0, 0.1) is 11.8 Å². The summed E-state index contributed by atoms with van der Waals surface area (Å²) in [7, 11) is 0. The molecule has 0 saturated carbocycles. The number of anilines is 1. The van der Waals surface area contributed by atoms with Crippen LogP contribution in [0.15, 0.2) is 53.7 Å². The summed E-state index contributed by atoms with van der Waals surface area (Å²) in [5.41, 5.74) is 1.72. The summed E-state index contributed by atoms with van der Waals surface area (Å²) in [5, 5.41) is 10.5. The van der Waals surface area contributed by atoms with Crippen LogP contribution in [0.4, 0.5) is 11.4 Å². The average Bonchev–Trinajstić information content (AvgIpc) is 3.11. The lowest BCUT2D eigenvalue weighted by molar-refractivity contribution is 0.0515. The van der Waals surface area contributed by atoms with E-state index in [-0.39, 0.29) is 29.2 Å². The van der Waals surface area contributed by atoms with E-state index in [1.165, 1.54) is 22.9 Å². The molecule has 1 aromatic heterocycles. The maximum atomic E-state index is 12.5. The minimum atomic E-state index is -0.575. The Balaban J connectivity index is 1.94. The Morgan fingerprint density at radius 1 is 1.17 bits per heavy atom. The molecule has 2 aromatic carbocycles. The second-order valence-electron chi connectivity index (χ2n) is 6.06. The number of nitroso groups, excluding NO2 is 1. The Morgan fingerprint density at radius 3 is 2.55 bits per heavy atom. The number of esters is 1. The van der Waals surface area contributed by atoms with Crippen molar-refractivity contribution in [2.24, 2.45) is 5.18 Å². The van der Waals surface area contributed by atoms with Gasteiger partial charge in [0, 0.05) is 16.3 Å². The highest BCUT2D eigenvalue weighted by molar-refractivity contribution is 6.30. The molecule has 0 aliphatic carbocycles. The molecule has 0 spiro atoms. The van der Waals surface area contributed by atoms with Gasteiger partial charge in [-0.3, -0.25) is 4.79 Å². The van der Waals surface area contributed by atoms with Gasteiger partial charge in [0.2, 0.25) is 0 Å². The molecule has 0 aliphatic rings. The van der Waals surface area contributed by atoms with E-state index in [0.29, 0.717) is 16.4 Å². The van der Waals surface area contributed by atoms with Gasteiger partial charge in [0.1, 0.15) is 5.69 Å². The topological polar surface area (TPSA) is 103 Å². The second kappa shape index (κ2) is 8.66. The van der Waals surface area contributed by atoms with Crippen molar-refractivity contribution in [2.45, 2.75) is 13.8 Å². The molecule has 0 unspecified atom stereocenters. The third-order valence-electron chi connectivity index (χ3n) is 3.98. The van der Waals surface area contributed by atoms with Crippen molar-refractivity contribution >= 4 is 34.9 Å². The first-order chi connectivity index (χ1) is 13.9. The first-order valence-electron chi connectivity index (χ1n) is 8.71. The first kappa shape index (κ1) is 20.2. The van der Waals surface area contributed by atoms with E-state index in [1.54, 1.807) is 44.2 Å². The van der Waals surface area contributed by atoms with Crippen molar-refractivity contribution in [3.63, 3.8) is 0 Å². The van der Waals surface area contributed by atoms with Crippen LogP contribution in [-0.4, -0.2) is 28.3 Å². The SMILES string of the molecule is CCOC(=O)c1cc(C)nn1-c1ccc(C(=O)Nc2ccc(Cl)cc2)cc1N=O. The van der Waals surface area contributed by atoms with Crippen LogP contribution in [0.2, 0.25) is 5.02 Å². The molecule has 148 valence electrons.